The fraction of sp³-hybridized carbons (Fsp3) is 0.435. The van der Waals surface area contributed by atoms with Gasteiger partial charge in [-0.3, -0.25) is 14.4 Å². The number of benzene rings is 1. The number of aromatic nitrogens is 1. The monoisotopic (exact) mass is 449 g/mol. The van der Waals surface area contributed by atoms with Gasteiger partial charge in [-0.05, 0) is 48.8 Å². The van der Waals surface area contributed by atoms with Crippen LogP contribution >= 0.6 is 0 Å². The van der Waals surface area contributed by atoms with E-state index in [4.69, 9.17) is 0 Å². The molecule has 2 aromatic rings. The van der Waals surface area contributed by atoms with Crippen molar-refractivity contribution in [2.75, 3.05) is 5.32 Å². The average Bonchev–Trinajstić information content (AvgIpc) is 2.73. The number of aryl methyl sites for hydroxylation is 1. The van der Waals surface area contributed by atoms with E-state index >= 15 is 0 Å². The Kier molecular flexibility index (Phi) is 7.06. The maximum atomic E-state index is 12.9. The first-order valence-corrected chi connectivity index (χ1v) is 10.5. The number of pyridine rings is 1. The van der Waals surface area contributed by atoms with Crippen LogP contribution in [0.4, 0.5) is 18.9 Å². The van der Waals surface area contributed by atoms with Gasteiger partial charge in [0.05, 0.1) is 11.6 Å². The van der Waals surface area contributed by atoms with Gasteiger partial charge in [0, 0.05) is 6.20 Å². The van der Waals surface area contributed by atoms with Gasteiger partial charge in [0.15, 0.2) is 0 Å². The number of anilines is 1. The second-order valence-corrected chi connectivity index (χ2v) is 8.42. The number of hydrogen-bond donors (Lipinski definition) is 3. The number of nitrogens with one attached hydrogen (secondary N) is 3. The van der Waals surface area contributed by atoms with Gasteiger partial charge < -0.3 is 15.6 Å². The smallest absolute Gasteiger partial charge is 0.341 e. The zero-order valence-electron chi connectivity index (χ0n) is 17.9. The number of hydrogen-bond acceptors (Lipinski definition) is 3. The zero-order valence-corrected chi connectivity index (χ0v) is 17.9. The Balaban J connectivity index is 1.81. The average molecular weight is 449 g/mol. The van der Waals surface area contributed by atoms with Crippen LogP contribution in [0, 0.1) is 18.8 Å². The Bertz CT molecular complexity index is 1050. The molecule has 0 bridgehead atoms. The number of alkyl halides is 3. The third-order valence-electron chi connectivity index (χ3n) is 5.94. The number of carbonyl (C=O) groups excluding carboxylic acids is 2. The van der Waals surface area contributed by atoms with Crippen molar-refractivity contribution in [1.82, 2.24) is 10.3 Å². The molecule has 3 N–H and O–H groups in total. The molecule has 3 atom stereocenters. The topological polar surface area (TPSA) is 91.1 Å². The molecular weight excluding hydrogens is 423 g/mol. The molecule has 1 fully saturated rings. The second-order valence-electron chi connectivity index (χ2n) is 8.42. The Morgan fingerprint density at radius 1 is 1.16 bits per heavy atom. The lowest BCUT2D eigenvalue weighted by Crippen LogP contribution is -2.42. The molecule has 0 saturated heterocycles. The van der Waals surface area contributed by atoms with Gasteiger partial charge in [-0.25, -0.2) is 0 Å². The van der Waals surface area contributed by atoms with Crippen LogP contribution in [0.1, 0.15) is 55.3 Å². The van der Waals surface area contributed by atoms with Crippen LogP contribution in [0.3, 0.4) is 0 Å². The van der Waals surface area contributed by atoms with Crippen LogP contribution in [-0.4, -0.2) is 16.8 Å². The molecule has 1 aliphatic carbocycles. The molecule has 2 amide bonds. The van der Waals surface area contributed by atoms with Gasteiger partial charge in [0.2, 0.25) is 0 Å². The Hall–Kier alpha value is -3.10. The molecule has 1 aromatic carbocycles. The van der Waals surface area contributed by atoms with E-state index in [0.717, 1.165) is 36.8 Å². The Labute approximate surface area is 183 Å². The highest BCUT2D eigenvalue weighted by Gasteiger charge is 2.33. The van der Waals surface area contributed by atoms with Crippen molar-refractivity contribution < 1.29 is 22.8 Å². The molecular formula is C23H26F3N3O3. The highest BCUT2D eigenvalue weighted by atomic mass is 19.4. The van der Waals surface area contributed by atoms with Crippen molar-refractivity contribution in [3.63, 3.8) is 0 Å². The summed E-state index contributed by atoms with van der Waals surface area (Å²) in [6, 6.07) is 7.64. The van der Waals surface area contributed by atoms with E-state index in [0.29, 0.717) is 18.2 Å². The normalized spacial score (nSPS) is 19.8. The number of amides is 2. The van der Waals surface area contributed by atoms with Gasteiger partial charge in [-0.15, -0.1) is 0 Å². The number of halogens is 3. The van der Waals surface area contributed by atoms with E-state index in [1.54, 1.807) is 0 Å². The highest BCUT2D eigenvalue weighted by Crippen LogP contribution is 2.38. The van der Waals surface area contributed by atoms with Crippen molar-refractivity contribution in [1.29, 1.82) is 0 Å². The minimum Gasteiger partial charge on any atom is -0.341 e. The van der Waals surface area contributed by atoms with E-state index < -0.39 is 40.8 Å². The summed E-state index contributed by atoms with van der Waals surface area (Å²) in [7, 11) is 0. The molecule has 32 heavy (non-hydrogen) atoms. The number of rotatable bonds is 4. The SMILES string of the molecule is Cc1ccccc1[C@H](NC(=O)C(=O)Nc1cc(C(F)(F)F)c[nH]c1=O)[C@@H]1CCC[C@@H](C)C1. The number of H-pyrrole nitrogens is 1. The summed E-state index contributed by atoms with van der Waals surface area (Å²) in [6.07, 6.45) is -0.317. The first kappa shape index (κ1) is 23.6. The van der Waals surface area contributed by atoms with Gasteiger partial charge in [-0.1, -0.05) is 44.0 Å². The molecule has 0 spiro atoms. The van der Waals surface area contributed by atoms with E-state index in [2.05, 4.69) is 12.2 Å². The summed E-state index contributed by atoms with van der Waals surface area (Å²) in [4.78, 5) is 39.0. The summed E-state index contributed by atoms with van der Waals surface area (Å²) in [5, 5.41) is 4.77. The lowest BCUT2D eigenvalue weighted by Gasteiger charge is -2.34. The van der Waals surface area contributed by atoms with Gasteiger partial charge >= 0.3 is 18.0 Å². The Morgan fingerprint density at radius 3 is 2.53 bits per heavy atom. The molecule has 3 rings (SSSR count). The lowest BCUT2D eigenvalue weighted by atomic mass is 9.76. The van der Waals surface area contributed by atoms with E-state index in [1.165, 1.54) is 0 Å². The van der Waals surface area contributed by atoms with Crippen molar-refractivity contribution in [2.24, 2.45) is 11.8 Å². The van der Waals surface area contributed by atoms with Crippen molar-refractivity contribution in [3.05, 3.63) is 63.6 Å². The second kappa shape index (κ2) is 9.58. The first-order chi connectivity index (χ1) is 15.1. The zero-order chi connectivity index (χ0) is 23.5. The van der Waals surface area contributed by atoms with Crippen molar-refractivity contribution in [3.8, 4) is 0 Å². The number of aromatic amines is 1. The molecule has 0 unspecified atom stereocenters. The third kappa shape index (κ3) is 5.57. The summed E-state index contributed by atoms with van der Waals surface area (Å²) in [6.45, 7) is 4.07. The quantitative estimate of drug-likeness (QED) is 0.607. The predicted octanol–water partition coefficient (Wildman–Crippen LogP) is 4.32. The largest absolute Gasteiger partial charge is 0.417 e. The highest BCUT2D eigenvalue weighted by molar-refractivity contribution is 6.39. The fourth-order valence-corrected chi connectivity index (χ4v) is 4.30. The third-order valence-corrected chi connectivity index (χ3v) is 5.94. The lowest BCUT2D eigenvalue weighted by molar-refractivity contribution is -0.138. The standard InChI is InChI=1S/C23H26F3N3O3/c1-13-6-5-8-15(10-13)19(17-9-4-3-7-14(17)2)29-22(32)21(31)28-18-11-16(23(24,25)26)12-27-20(18)30/h3-4,7,9,11-13,15,19H,5-6,8,10H2,1-2H3,(H,27,30)(H,28,31)(H,29,32)/t13-,15-,19-/m1/s1. The first-order valence-electron chi connectivity index (χ1n) is 10.5. The fourth-order valence-electron chi connectivity index (χ4n) is 4.30. The van der Waals surface area contributed by atoms with E-state index in [-0.39, 0.29) is 5.92 Å². The van der Waals surface area contributed by atoms with Crippen molar-refractivity contribution in [2.45, 2.75) is 51.7 Å². The van der Waals surface area contributed by atoms with Crippen LogP contribution in [0.2, 0.25) is 0 Å². The molecule has 0 aliphatic heterocycles. The maximum absolute atomic E-state index is 12.9. The van der Waals surface area contributed by atoms with E-state index in [9.17, 15) is 27.6 Å². The Morgan fingerprint density at radius 2 is 1.88 bits per heavy atom. The molecule has 9 heteroatoms. The van der Waals surface area contributed by atoms with Gasteiger partial charge in [0.1, 0.15) is 5.69 Å². The molecule has 1 aromatic heterocycles. The van der Waals surface area contributed by atoms with Crippen molar-refractivity contribution >= 4 is 17.5 Å². The minimum atomic E-state index is -4.71. The number of carbonyl (C=O) groups is 2. The van der Waals surface area contributed by atoms with Crippen LogP contribution in [-0.2, 0) is 15.8 Å². The van der Waals surface area contributed by atoms with Crippen LogP contribution in [0.5, 0.6) is 0 Å². The van der Waals surface area contributed by atoms with Gasteiger partial charge in [-0.2, -0.15) is 13.2 Å². The minimum absolute atomic E-state index is 0.119. The van der Waals surface area contributed by atoms with Crippen LogP contribution in [0.25, 0.3) is 0 Å². The molecule has 1 heterocycles. The summed E-state index contributed by atoms with van der Waals surface area (Å²) < 4.78 is 38.7. The summed E-state index contributed by atoms with van der Waals surface area (Å²) in [5.41, 5.74) is -0.855. The molecule has 0 radical (unpaired) electrons. The van der Waals surface area contributed by atoms with Crippen LogP contribution < -0.4 is 16.2 Å². The van der Waals surface area contributed by atoms with Crippen LogP contribution in [0.15, 0.2) is 41.3 Å². The molecule has 172 valence electrons. The molecule has 1 aliphatic rings. The molecule has 6 nitrogen and oxygen atoms in total. The summed E-state index contributed by atoms with van der Waals surface area (Å²) >= 11 is 0. The maximum Gasteiger partial charge on any atom is 0.417 e. The predicted molar refractivity (Wildman–Crippen MR) is 114 cm³/mol. The summed E-state index contributed by atoms with van der Waals surface area (Å²) in [5.74, 6) is -1.60. The molecule has 1 saturated carbocycles. The van der Waals surface area contributed by atoms with Gasteiger partial charge in [0.25, 0.3) is 5.56 Å². The van der Waals surface area contributed by atoms with E-state index in [1.807, 2.05) is 41.5 Å².